The molecule has 0 aromatic heterocycles. The fraction of sp³-hybridized carbons (Fsp3) is 1.00. The summed E-state index contributed by atoms with van der Waals surface area (Å²) in [6.07, 6.45) is -19.3. The van der Waals surface area contributed by atoms with Gasteiger partial charge in [-0.2, -0.15) is 0 Å². The van der Waals surface area contributed by atoms with Crippen LogP contribution in [0.4, 0.5) is 0 Å². The van der Waals surface area contributed by atoms with E-state index in [1.54, 1.807) is 0 Å². The first-order chi connectivity index (χ1) is 13.6. The Bertz CT molecular complexity index is 421. The molecule has 2 fully saturated rings. The van der Waals surface area contributed by atoms with Crippen molar-refractivity contribution in [3.8, 4) is 0 Å². The SMILES string of the molecule is OC1[C@@H](O)[C@H](O)C(OCCOCCOC2[C@@H](O)[C@H](O)C(O)[C@H](O)[C@H]2O)[C@H](O)[C@H]1O. The molecule has 0 radical (unpaired) electrons. The molecule has 0 aromatic rings. The summed E-state index contributed by atoms with van der Waals surface area (Å²) < 4.78 is 15.6. The average molecular weight is 430 g/mol. The van der Waals surface area contributed by atoms with Crippen molar-refractivity contribution in [2.45, 2.75) is 73.2 Å². The third-order valence-electron chi connectivity index (χ3n) is 5.22. The quantitative estimate of drug-likeness (QED) is 0.162. The van der Waals surface area contributed by atoms with Gasteiger partial charge in [-0.25, -0.2) is 0 Å². The second-order valence-corrected chi connectivity index (χ2v) is 7.19. The highest BCUT2D eigenvalue weighted by atomic mass is 16.6. The van der Waals surface area contributed by atoms with Gasteiger partial charge in [-0.1, -0.05) is 0 Å². The van der Waals surface area contributed by atoms with Crippen LogP contribution in [-0.2, 0) is 14.2 Å². The minimum Gasteiger partial charge on any atom is -0.387 e. The van der Waals surface area contributed by atoms with Gasteiger partial charge in [0.2, 0.25) is 0 Å². The van der Waals surface area contributed by atoms with Gasteiger partial charge >= 0.3 is 0 Å². The van der Waals surface area contributed by atoms with Crippen LogP contribution in [0.25, 0.3) is 0 Å². The summed E-state index contributed by atoms with van der Waals surface area (Å²) in [5.41, 5.74) is 0. The first-order valence-corrected chi connectivity index (χ1v) is 9.21. The van der Waals surface area contributed by atoms with Gasteiger partial charge in [0.05, 0.1) is 26.4 Å². The molecule has 12 atom stereocenters. The molecular weight excluding hydrogens is 400 g/mol. The smallest absolute Gasteiger partial charge is 0.115 e. The Morgan fingerprint density at radius 1 is 0.345 bits per heavy atom. The topological polar surface area (TPSA) is 230 Å². The monoisotopic (exact) mass is 430 g/mol. The van der Waals surface area contributed by atoms with E-state index in [-0.39, 0.29) is 26.4 Å². The van der Waals surface area contributed by atoms with Crippen molar-refractivity contribution in [1.29, 1.82) is 0 Å². The zero-order valence-electron chi connectivity index (χ0n) is 15.5. The summed E-state index contributed by atoms with van der Waals surface area (Å²) in [4.78, 5) is 0. The number of ether oxygens (including phenoxy) is 3. The van der Waals surface area contributed by atoms with Crippen molar-refractivity contribution < 1.29 is 65.3 Å². The summed E-state index contributed by atoms with van der Waals surface area (Å²) in [6, 6.07) is 0. The van der Waals surface area contributed by atoms with Crippen LogP contribution in [0.5, 0.6) is 0 Å². The van der Waals surface area contributed by atoms with E-state index in [1.165, 1.54) is 0 Å². The molecule has 13 heteroatoms. The van der Waals surface area contributed by atoms with E-state index in [4.69, 9.17) is 14.2 Å². The summed E-state index contributed by atoms with van der Waals surface area (Å²) in [5.74, 6) is 0. The van der Waals surface area contributed by atoms with Gasteiger partial charge in [-0.05, 0) is 0 Å². The van der Waals surface area contributed by atoms with Gasteiger partial charge in [-0.3, -0.25) is 0 Å². The highest BCUT2D eigenvalue weighted by molar-refractivity contribution is 5.00. The fourth-order valence-corrected chi connectivity index (χ4v) is 3.38. The maximum Gasteiger partial charge on any atom is 0.115 e. The average Bonchev–Trinajstić information content (AvgIpc) is 2.71. The molecule has 29 heavy (non-hydrogen) atoms. The molecule has 2 aliphatic carbocycles. The van der Waals surface area contributed by atoms with Gasteiger partial charge < -0.3 is 65.3 Å². The fourth-order valence-electron chi connectivity index (χ4n) is 3.38. The molecule has 2 aliphatic rings. The highest BCUT2D eigenvalue weighted by Gasteiger charge is 2.49. The van der Waals surface area contributed by atoms with E-state index in [0.29, 0.717) is 0 Å². The predicted molar refractivity (Wildman–Crippen MR) is 90.4 cm³/mol. The number of rotatable bonds is 8. The highest BCUT2D eigenvalue weighted by Crippen LogP contribution is 2.25. The van der Waals surface area contributed by atoms with Crippen molar-refractivity contribution in [1.82, 2.24) is 0 Å². The summed E-state index contributed by atoms with van der Waals surface area (Å²) >= 11 is 0. The van der Waals surface area contributed by atoms with Crippen LogP contribution in [-0.4, -0.2) is 151 Å². The molecule has 0 bridgehead atoms. The zero-order chi connectivity index (χ0) is 21.9. The largest absolute Gasteiger partial charge is 0.387 e. The number of hydrogen-bond acceptors (Lipinski definition) is 13. The number of hydrogen-bond donors (Lipinski definition) is 10. The molecule has 172 valence electrons. The lowest BCUT2D eigenvalue weighted by Gasteiger charge is -2.41. The van der Waals surface area contributed by atoms with Crippen LogP contribution in [0.15, 0.2) is 0 Å². The normalized spacial score (nSPS) is 48.6. The summed E-state index contributed by atoms with van der Waals surface area (Å²) in [5, 5.41) is 96.6. The standard InChI is InChI=1S/C16H30O13/c17-5-7(19)11(23)15(12(24)8(5)20)28-3-1-27-2-4-29-16-13(25)9(21)6(18)10(22)14(16)26/h5-26H,1-4H2/t5?,6?,7-,8+,9-,10+,11+,12-,13+,14-,15?,16?. The second kappa shape index (κ2) is 10.7. The molecule has 10 N–H and O–H groups in total. The molecule has 0 heterocycles. The second-order valence-electron chi connectivity index (χ2n) is 7.19. The summed E-state index contributed by atoms with van der Waals surface area (Å²) in [6.45, 7) is -0.388. The Kier molecular flexibility index (Phi) is 9.11. The number of aliphatic hydroxyl groups is 10. The zero-order valence-corrected chi connectivity index (χ0v) is 15.5. The molecule has 0 saturated heterocycles. The van der Waals surface area contributed by atoms with Gasteiger partial charge in [0, 0.05) is 0 Å². The molecule has 0 aromatic carbocycles. The van der Waals surface area contributed by atoms with Gasteiger partial charge in [0.1, 0.15) is 73.2 Å². The van der Waals surface area contributed by atoms with Crippen LogP contribution in [0.2, 0.25) is 0 Å². The molecule has 0 aliphatic heterocycles. The van der Waals surface area contributed by atoms with Crippen molar-refractivity contribution >= 4 is 0 Å². The van der Waals surface area contributed by atoms with Crippen molar-refractivity contribution in [2.24, 2.45) is 0 Å². The maximum atomic E-state index is 9.82. The third-order valence-corrected chi connectivity index (χ3v) is 5.22. The lowest BCUT2D eigenvalue weighted by atomic mass is 9.85. The maximum absolute atomic E-state index is 9.82. The molecule has 4 unspecified atom stereocenters. The molecular formula is C16H30O13. The Morgan fingerprint density at radius 2 is 0.586 bits per heavy atom. The van der Waals surface area contributed by atoms with Crippen LogP contribution in [0.1, 0.15) is 0 Å². The Hall–Kier alpha value is -0.520. The van der Waals surface area contributed by atoms with E-state index >= 15 is 0 Å². The van der Waals surface area contributed by atoms with Crippen LogP contribution < -0.4 is 0 Å². The van der Waals surface area contributed by atoms with Crippen LogP contribution >= 0.6 is 0 Å². The van der Waals surface area contributed by atoms with Crippen molar-refractivity contribution in [2.75, 3.05) is 26.4 Å². The lowest BCUT2D eigenvalue weighted by molar-refractivity contribution is -0.240. The molecule has 0 amide bonds. The van der Waals surface area contributed by atoms with Gasteiger partial charge in [0.15, 0.2) is 0 Å². The first kappa shape index (κ1) is 24.7. The van der Waals surface area contributed by atoms with Crippen molar-refractivity contribution in [3.63, 3.8) is 0 Å². The van der Waals surface area contributed by atoms with Crippen LogP contribution in [0, 0.1) is 0 Å². The summed E-state index contributed by atoms with van der Waals surface area (Å²) in [7, 11) is 0. The number of aliphatic hydroxyl groups excluding tert-OH is 10. The Labute approximate surface area is 165 Å². The Morgan fingerprint density at radius 3 is 0.862 bits per heavy atom. The first-order valence-electron chi connectivity index (χ1n) is 9.21. The van der Waals surface area contributed by atoms with Gasteiger partial charge in [-0.15, -0.1) is 0 Å². The third kappa shape index (κ3) is 5.40. The minimum atomic E-state index is -1.71. The Balaban J connectivity index is 1.66. The van der Waals surface area contributed by atoms with E-state index in [1.807, 2.05) is 0 Å². The predicted octanol–water partition coefficient (Wildman–Crippen LogP) is -6.59. The van der Waals surface area contributed by atoms with Crippen molar-refractivity contribution in [3.05, 3.63) is 0 Å². The van der Waals surface area contributed by atoms with Gasteiger partial charge in [0.25, 0.3) is 0 Å². The molecule has 13 nitrogen and oxygen atoms in total. The van der Waals surface area contributed by atoms with E-state index in [0.717, 1.165) is 0 Å². The minimum absolute atomic E-state index is 0.0478. The van der Waals surface area contributed by atoms with Crippen LogP contribution in [0.3, 0.4) is 0 Å². The molecule has 2 rings (SSSR count). The molecule has 2 saturated carbocycles. The van der Waals surface area contributed by atoms with E-state index in [2.05, 4.69) is 0 Å². The van der Waals surface area contributed by atoms with E-state index in [9.17, 15) is 51.1 Å². The van der Waals surface area contributed by atoms with E-state index < -0.39 is 73.2 Å². The lowest BCUT2D eigenvalue weighted by Crippen LogP contribution is -2.64. The molecule has 0 spiro atoms.